The minimum atomic E-state index is 0.159. The summed E-state index contributed by atoms with van der Waals surface area (Å²) in [5.74, 6) is 0. The van der Waals surface area contributed by atoms with Crippen LogP contribution in [0.4, 0.5) is 0 Å². The largest absolute Gasteiger partial charge is 0.379 e. The Morgan fingerprint density at radius 3 is 2.14 bits per heavy atom. The van der Waals surface area contributed by atoms with Crippen LogP contribution < -0.4 is 5.32 Å². The smallest absolute Gasteiger partial charge is 0.0485 e. The molecule has 1 aliphatic heterocycles. The molecule has 1 saturated heterocycles. The Hall–Kier alpha value is -3.10. The maximum Gasteiger partial charge on any atom is 0.0485 e. The number of aryl methyl sites for hydroxylation is 1. The lowest BCUT2D eigenvalue weighted by molar-refractivity contribution is 0.257. The van der Waals surface area contributed by atoms with Crippen molar-refractivity contribution in [1.82, 2.24) is 10.2 Å². The van der Waals surface area contributed by atoms with E-state index >= 15 is 0 Å². The molecule has 0 amide bonds. The lowest BCUT2D eigenvalue weighted by atomic mass is 9.87. The molecule has 1 atom stereocenters. The molecule has 0 saturated carbocycles. The van der Waals surface area contributed by atoms with Gasteiger partial charge < -0.3 is 10.2 Å². The average Bonchev–Trinajstić information content (AvgIpc) is 2.89. The number of benzene rings is 2. The fraction of sp³-hybridized carbons (Fsp3) is 0.353. The second-order valence-electron chi connectivity index (χ2n) is 9.99. The maximum atomic E-state index is 4.28. The van der Waals surface area contributed by atoms with E-state index in [1.54, 1.807) is 5.57 Å². The maximum absolute atomic E-state index is 4.28. The van der Waals surface area contributed by atoms with Crippen LogP contribution in [0.5, 0.6) is 0 Å². The van der Waals surface area contributed by atoms with Crippen LogP contribution in [-0.4, -0.2) is 24.5 Å². The lowest BCUT2D eigenvalue weighted by Crippen LogP contribution is -2.31. The molecule has 0 radical (unpaired) electrons. The molecule has 0 aliphatic carbocycles. The number of hydrogen-bond donors (Lipinski definition) is 1. The summed E-state index contributed by atoms with van der Waals surface area (Å²) in [6.45, 7) is 22.4. The fourth-order valence-corrected chi connectivity index (χ4v) is 4.92. The molecule has 2 aromatic rings. The summed E-state index contributed by atoms with van der Waals surface area (Å²) in [6.07, 6.45) is 9.59. The Morgan fingerprint density at radius 2 is 1.61 bits per heavy atom. The summed E-state index contributed by atoms with van der Waals surface area (Å²) < 4.78 is 0. The molecule has 3 rings (SSSR count). The van der Waals surface area contributed by atoms with Crippen LogP contribution >= 0.6 is 0 Å². The van der Waals surface area contributed by atoms with Gasteiger partial charge in [-0.2, -0.15) is 0 Å². The van der Waals surface area contributed by atoms with Crippen LogP contribution in [0.25, 0.3) is 5.57 Å². The second kappa shape index (κ2) is 13.3. The molecule has 36 heavy (non-hydrogen) atoms. The van der Waals surface area contributed by atoms with E-state index in [9.17, 15) is 0 Å². The van der Waals surface area contributed by atoms with Crippen molar-refractivity contribution >= 4 is 5.57 Å². The van der Waals surface area contributed by atoms with E-state index in [0.717, 1.165) is 42.8 Å². The minimum absolute atomic E-state index is 0.159. The monoisotopic (exact) mass is 480 g/mol. The predicted molar refractivity (Wildman–Crippen MR) is 158 cm³/mol. The van der Waals surface area contributed by atoms with Crippen molar-refractivity contribution < 1.29 is 0 Å². The van der Waals surface area contributed by atoms with Crippen molar-refractivity contribution in [3.05, 3.63) is 125 Å². The number of piperidine rings is 1. The quantitative estimate of drug-likeness (QED) is 0.343. The molecular weight excluding hydrogens is 436 g/mol. The zero-order valence-corrected chi connectivity index (χ0v) is 23.0. The average molecular weight is 481 g/mol. The molecular formula is C34H44N2. The molecule has 190 valence electrons. The summed E-state index contributed by atoms with van der Waals surface area (Å²) >= 11 is 0. The van der Waals surface area contributed by atoms with Gasteiger partial charge in [0.1, 0.15) is 0 Å². The minimum Gasteiger partial charge on any atom is -0.379 e. The van der Waals surface area contributed by atoms with Crippen molar-refractivity contribution in [3.8, 4) is 0 Å². The lowest BCUT2D eigenvalue weighted by Gasteiger charge is -2.30. The summed E-state index contributed by atoms with van der Waals surface area (Å²) in [5.41, 5.74) is 11.3. The van der Waals surface area contributed by atoms with E-state index in [2.05, 4.69) is 112 Å². The number of likely N-dealkylation sites (tertiary alicyclic amines) is 1. The van der Waals surface area contributed by atoms with Crippen LogP contribution in [0.15, 0.2) is 102 Å². The molecule has 2 heteroatoms. The van der Waals surface area contributed by atoms with Crippen molar-refractivity contribution in [2.24, 2.45) is 0 Å². The normalized spacial score (nSPS) is 16.0. The molecule has 2 aromatic carbocycles. The summed E-state index contributed by atoms with van der Waals surface area (Å²) in [5, 5.41) is 3.58. The molecule has 1 fully saturated rings. The Kier molecular flexibility index (Phi) is 10.1. The fourth-order valence-electron chi connectivity index (χ4n) is 4.92. The van der Waals surface area contributed by atoms with Gasteiger partial charge in [-0.15, -0.1) is 0 Å². The second-order valence-corrected chi connectivity index (χ2v) is 9.99. The van der Waals surface area contributed by atoms with Crippen LogP contribution in [0, 0.1) is 6.92 Å². The van der Waals surface area contributed by atoms with Gasteiger partial charge in [0.05, 0.1) is 0 Å². The third-order valence-electron chi connectivity index (χ3n) is 7.15. The molecule has 1 N–H and O–H groups in total. The van der Waals surface area contributed by atoms with Crippen molar-refractivity contribution in [1.29, 1.82) is 0 Å². The standard InChI is InChI=1S/C34H44N2/c1-8-21-36-22-19-33(20-23-36)34(31-13-11-26(5)12-14-31)32-17-15-30(16-18-32)28(7)35-27(6)29(10-3)24-25(4)9-2/h9-18,24,28,35H,2,6,8,19-23H2,1,3-5,7H3/b25-24-,29-10+. The third kappa shape index (κ3) is 7.21. The Labute approximate surface area is 219 Å². The SMILES string of the molecule is C=C/C(C)=C\C(=C/C)C(=C)NC(C)c1ccc(C(=C2CCN(CCC)CC2)c2ccc(C)cc2)cc1. The van der Waals surface area contributed by atoms with Crippen LogP contribution in [-0.2, 0) is 0 Å². The van der Waals surface area contributed by atoms with Crippen LogP contribution in [0.3, 0.4) is 0 Å². The number of nitrogens with zero attached hydrogens (tertiary/aromatic N) is 1. The highest BCUT2D eigenvalue weighted by molar-refractivity contribution is 5.82. The van der Waals surface area contributed by atoms with Crippen molar-refractivity contribution in [2.75, 3.05) is 19.6 Å². The first kappa shape index (κ1) is 27.5. The zero-order chi connectivity index (χ0) is 26.1. The number of hydrogen-bond acceptors (Lipinski definition) is 2. The van der Waals surface area contributed by atoms with Gasteiger partial charge in [0.25, 0.3) is 0 Å². The highest BCUT2D eigenvalue weighted by Gasteiger charge is 2.19. The predicted octanol–water partition coefficient (Wildman–Crippen LogP) is 8.55. The van der Waals surface area contributed by atoms with Gasteiger partial charge in [0.15, 0.2) is 0 Å². The summed E-state index contributed by atoms with van der Waals surface area (Å²) in [4.78, 5) is 2.60. The first-order valence-electron chi connectivity index (χ1n) is 13.4. The molecule has 1 heterocycles. The van der Waals surface area contributed by atoms with E-state index in [1.165, 1.54) is 40.8 Å². The van der Waals surface area contributed by atoms with Crippen LogP contribution in [0.2, 0.25) is 0 Å². The first-order valence-corrected chi connectivity index (χ1v) is 13.4. The first-order chi connectivity index (χ1) is 17.4. The summed E-state index contributed by atoms with van der Waals surface area (Å²) in [6, 6.07) is 18.3. The summed E-state index contributed by atoms with van der Waals surface area (Å²) in [7, 11) is 0. The van der Waals surface area contributed by atoms with E-state index in [0.29, 0.717) is 0 Å². The Bertz CT molecular complexity index is 1120. The van der Waals surface area contributed by atoms with Gasteiger partial charge in [0, 0.05) is 24.8 Å². The van der Waals surface area contributed by atoms with Crippen molar-refractivity contribution in [3.63, 3.8) is 0 Å². The van der Waals surface area contributed by atoms with Crippen molar-refractivity contribution in [2.45, 2.75) is 59.9 Å². The number of nitrogens with one attached hydrogen (secondary N) is 1. The molecule has 1 aliphatic rings. The van der Waals surface area contributed by atoms with Gasteiger partial charge in [-0.25, -0.2) is 0 Å². The Morgan fingerprint density at radius 1 is 1.03 bits per heavy atom. The molecule has 0 aromatic heterocycles. The molecule has 2 nitrogen and oxygen atoms in total. The van der Waals surface area contributed by atoms with E-state index in [1.807, 2.05) is 13.0 Å². The molecule has 0 bridgehead atoms. The van der Waals surface area contributed by atoms with Gasteiger partial charge in [-0.3, -0.25) is 0 Å². The number of allylic oxidation sites excluding steroid dienone is 4. The zero-order valence-electron chi connectivity index (χ0n) is 23.0. The van der Waals surface area contributed by atoms with Crippen LogP contribution in [0.1, 0.15) is 75.3 Å². The van der Waals surface area contributed by atoms with Gasteiger partial charge in [-0.05, 0) is 81.3 Å². The van der Waals surface area contributed by atoms with Gasteiger partial charge >= 0.3 is 0 Å². The van der Waals surface area contributed by atoms with E-state index in [4.69, 9.17) is 0 Å². The highest BCUT2D eigenvalue weighted by Crippen LogP contribution is 2.33. The van der Waals surface area contributed by atoms with E-state index in [-0.39, 0.29) is 6.04 Å². The number of rotatable bonds is 10. The molecule has 0 spiro atoms. The topological polar surface area (TPSA) is 15.3 Å². The molecule has 1 unspecified atom stereocenters. The highest BCUT2D eigenvalue weighted by atomic mass is 15.1. The van der Waals surface area contributed by atoms with Gasteiger partial charge in [0.2, 0.25) is 0 Å². The third-order valence-corrected chi connectivity index (χ3v) is 7.15. The van der Waals surface area contributed by atoms with Gasteiger partial charge in [-0.1, -0.05) is 104 Å². The Balaban J connectivity index is 1.84. The van der Waals surface area contributed by atoms with E-state index < -0.39 is 0 Å².